The molecule has 10 nitrogen and oxygen atoms in total. The maximum atomic E-state index is 12.3. The summed E-state index contributed by atoms with van der Waals surface area (Å²) in [6.45, 7) is 8.21. The van der Waals surface area contributed by atoms with E-state index >= 15 is 0 Å². The van der Waals surface area contributed by atoms with E-state index in [2.05, 4.69) is 18.3 Å². The van der Waals surface area contributed by atoms with E-state index in [1.807, 2.05) is 19.9 Å². The Kier molecular flexibility index (Phi) is 10.3. The number of hydrogen-bond donors (Lipinski definition) is 4. The molecule has 2 amide bonds. The van der Waals surface area contributed by atoms with Gasteiger partial charge >= 0.3 is 5.97 Å². The first-order valence-corrected chi connectivity index (χ1v) is 13.3. The molecule has 0 bridgehead atoms. The quantitative estimate of drug-likeness (QED) is 0.178. The monoisotopic (exact) mass is 534 g/mol. The molecule has 3 aliphatic heterocycles. The number of aliphatic hydroxyl groups excluding tert-OH is 1. The van der Waals surface area contributed by atoms with Crippen LogP contribution in [-0.4, -0.2) is 76.8 Å². The third kappa shape index (κ3) is 8.49. The van der Waals surface area contributed by atoms with Crippen LogP contribution < -0.4 is 11.1 Å². The fourth-order valence-electron chi connectivity index (χ4n) is 5.18. The van der Waals surface area contributed by atoms with Crippen molar-refractivity contribution in [3.8, 4) is 0 Å². The summed E-state index contributed by atoms with van der Waals surface area (Å²) in [6, 6.07) is -0.131. The minimum atomic E-state index is -0.897. The molecule has 0 radical (unpaired) electrons. The fraction of sp³-hybridized carbons (Fsp3) is 0.679. The second kappa shape index (κ2) is 13.0. The van der Waals surface area contributed by atoms with Gasteiger partial charge in [-0.2, -0.15) is 0 Å². The molecular weight excluding hydrogens is 492 g/mol. The molecule has 3 rings (SSSR count). The predicted molar refractivity (Wildman–Crippen MR) is 140 cm³/mol. The highest BCUT2D eigenvalue weighted by molar-refractivity contribution is 5.87. The maximum Gasteiger partial charge on any atom is 0.303 e. The van der Waals surface area contributed by atoms with E-state index in [9.17, 15) is 19.5 Å². The number of nitrogens with one attached hydrogen (secondary N) is 1. The third-order valence-corrected chi connectivity index (χ3v) is 7.55. The lowest BCUT2D eigenvalue weighted by Crippen LogP contribution is -2.50. The van der Waals surface area contributed by atoms with Gasteiger partial charge in [0.25, 0.3) is 0 Å². The summed E-state index contributed by atoms with van der Waals surface area (Å²) in [5.41, 5.74) is 5.68. The molecule has 38 heavy (non-hydrogen) atoms. The topological polar surface area (TPSA) is 161 Å². The van der Waals surface area contributed by atoms with E-state index in [4.69, 9.17) is 25.1 Å². The molecule has 212 valence electrons. The number of ether oxygens (including phenoxy) is 3. The molecule has 10 heteroatoms. The van der Waals surface area contributed by atoms with Crippen molar-refractivity contribution >= 4 is 17.8 Å². The van der Waals surface area contributed by atoms with Crippen molar-refractivity contribution in [2.24, 2.45) is 17.6 Å². The van der Waals surface area contributed by atoms with Crippen LogP contribution in [0.2, 0.25) is 0 Å². The maximum absolute atomic E-state index is 12.3. The molecule has 9 atom stereocenters. The molecule has 3 saturated heterocycles. The van der Waals surface area contributed by atoms with Crippen LogP contribution in [0, 0.1) is 11.8 Å². The van der Waals surface area contributed by atoms with Gasteiger partial charge in [-0.05, 0) is 44.6 Å². The van der Waals surface area contributed by atoms with Crippen molar-refractivity contribution in [1.29, 1.82) is 0 Å². The average Bonchev–Trinajstić information content (AvgIpc) is 3.59. The van der Waals surface area contributed by atoms with E-state index in [-0.39, 0.29) is 54.9 Å². The lowest BCUT2D eigenvalue weighted by atomic mass is 9.87. The Morgan fingerprint density at radius 2 is 1.92 bits per heavy atom. The summed E-state index contributed by atoms with van der Waals surface area (Å²) < 4.78 is 17.7. The molecule has 3 fully saturated rings. The van der Waals surface area contributed by atoms with E-state index < -0.39 is 29.7 Å². The number of epoxide rings is 1. The largest absolute Gasteiger partial charge is 0.481 e. The van der Waals surface area contributed by atoms with Crippen LogP contribution in [0.15, 0.2) is 36.0 Å². The number of hydrogen-bond acceptors (Lipinski definition) is 7. The van der Waals surface area contributed by atoms with Gasteiger partial charge in [-0.3, -0.25) is 14.4 Å². The Morgan fingerprint density at radius 3 is 2.55 bits per heavy atom. The molecular formula is C28H42N2O8. The highest BCUT2D eigenvalue weighted by Gasteiger charge is 2.58. The first-order chi connectivity index (χ1) is 17.9. The van der Waals surface area contributed by atoms with Gasteiger partial charge in [-0.1, -0.05) is 43.7 Å². The third-order valence-electron chi connectivity index (χ3n) is 7.55. The van der Waals surface area contributed by atoms with Crippen LogP contribution in [0.1, 0.15) is 59.8 Å². The van der Waals surface area contributed by atoms with Crippen LogP contribution >= 0.6 is 0 Å². The Bertz CT molecular complexity index is 957. The van der Waals surface area contributed by atoms with Crippen molar-refractivity contribution in [1.82, 2.24) is 5.32 Å². The van der Waals surface area contributed by atoms with Gasteiger partial charge < -0.3 is 35.5 Å². The first kappa shape index (κ1) is 30.0. The Morgan fingerprint density at radius 1 is 1.21 bits per heavy atom. The molecule has 0 aromatic carbocycles. The van der Waals surface area contributed by atoms with E-state index in [1.165, 1.54) is 6.08 Å². The Labute approximate surface area is 224 Å². The van der Waals surface area contributed by atoms with Gasteiger partial charge in [0.1, 0.15) is 17.8 Å². The molecule has 3 heterocycles. The van der Waals surface area contributed by atoms with Crippen LogP contribution in [-0.2, 0) is 28.6 Å². The van der Waals surface area contributed by atoms with Gasteiger partial charge in [0.2, 0.25) is 11.8 Å². The SMILES string of the molecule is CC(C=C[C@H]1O[C@H](CC(N)=O)C[C@@]2(CO2)[C@@H]1O)=CC[C@@H]1O[C@H](C)[C@H](NC(=O)C=C[C@@H](C)CC(=O)O)C[C@@H]1C. The number of allylic oxidation sites excluding steroid dienone is 3. The van der Waals surface area contributed by atoms with Crippen molar-refractivity contribution in [2.45, 2.75) is 102 Å². The number of carbonyl (C=O) groups is 3. The van der Waals surface area contributed by atoms with Crippen molar-refractivity contribution in [3.05, 3.63) is 36.0 Å². The summed E-state index contributed by atoms with van der Waals surface area (Å²) in [7, 11) is 0. The Balaban J connectivity index is 1.49. The normalized spacial score (nSPS) is 36.4. The average molecular weight is 535 g/mol. The lowest BCUT2D eigenvalue weighted by molar-refractivity contribution is -0.143. The van der Waals surface area contributed by atoms with Crippen LogP contribution in [0.4, 0.5) is 0 Å². The standard InChI is InChI=1S/C28H42N2O8/c1-16(6-9-23-27(35)28(15-36-28)14-20(38-23)13-24(29)31)5-8-22-18(3)12-21(19(4)37-22)30-25(32)10-7-17(2)11-26(33)34/h5-7,9-10,17-23,27,35H,8,11-15H2,1-4H3,(H2,29,31)(H,30,32)(H,33,34)/t17-,18+,19-,20-,21-,22+,23-,27-,28-/m1/s1. The minimum absolute atomic E-state index is 0.00719. The van der Waals surface area contributed by atoms with E-state index in [0.717, 1.165) is 12.0 Å². The van der Waals surface area contributed by atoms with Crippen LogP contribution in [0.25, 0.3) is 0 Å². The molecule has 5 N–H and O–H groups in total. The van der Waals surface area contributed by atoms with Crippen molar-refractivity contribution in [2.75, 3.05) is 6.61 Å². The van der Waals surface area contributed by atoms with Gasteiger partial charge in [0, 0.05) is 6.42 Å². The van der Waals surface area contributed by atoms with Gasteiger partial charge in [-0.25, -0.2) is 0 Å². The second-order valence-corrected chi connectivity index (χ2v) is 11.1. The zero-order valence-corrected chi connectivity index (χ0v) is 22.7. The first-order valence-electron chi connectivity index (χ1n) is 13.3. The Hall–Kier alpha value is -2.53. The van der Waals surface area contributed by atoms with Crippen molar-refractivity contribution < 1.29 is 38.8 Å². The number of aliphatic carboxylic acids is 1. The summed E-state index contributed by atoms with van der Waals surface area (Å²) >= 11 is 0. The smallest absolute Gasteiger partial charge is 0.303 e. The van der Waals surface area contributed by atoms with Gasteiger partial charge in [0.05, 0.1) is 43.8 Å². The zero-order chi connectivity index (χ0) is 28.0. The number of aliphatic hydroxyl groups is 1. The molecule has 0 aromatic rings. The molecule has 0 aliphatic carbocycles. The number of carbonyl (C=O) groups excluding carboxylic acids is 2. The highest BCUT2D eigenvalue weighted by atomic mass is 16.6. The van der Waals surface area contributed by atoms with Crippen LogP contribution in [0.3, 0.4) is 0 Å². The molecule has 0 aromatic heterocycles. The van der Waals surface area contributed by atoms with Gasteiger partial charge in [-0.15, -0.1) is 0 Å². The minimum Gasteiger partial charge on any atom is -0.481 e. The number of carboxylic acids is 1. The molecule has 3 aliphatic rings. The number of rotatable bonds is 11. The van der Waals surface area contributed by atoms with Gasteiger partial charge in [0.15, 0.2) is 0 Å². The summed E-state index contributed by atoms with van der Waals surface area (Å²) in [6.07, 6.45) is 8.82. The summed E-state index contributed by atoms with van der Waals surface area (Å²) in [5.74, 6) is -1.60. The molecule has 0 unspecified atom stereocenters. The van der Waals surface area contributed by atoms with Crippen LogP contribution in [0.5, 0.6) is 0 Å². The molecule has 0 saturated carbocycles. The van der Waals surface area contributed by atoms with Crippen molar-refractivity contribution in [3.63, 3.8) is 0 Å². The van der Waals surface area contributed by atoms with E-state index in [1.54, 1.807) is 19.1 Å². The zero-order valence-electron chi connectivity index (χ0n) is 22.7. The number of nitrogens with two attached hydrogens (primary N) is 1. The number of amides is 2. The fourth-order valence-corrected chi connectivity index (χ4v) is 5.18. The summed E-state index contributed by atoms with van der Waals surface area (Å²) in [5, 5.41) is 22.5. The molecule has 1 spiro atoms. The van der Waals surface area contributed by atoms with E-state index in [0.29, 0.717) is 19.4 Å². The predicted octanol–water partition coefficient (Wildman–Crippen LogP) is 2.01. The second-order valence-electron chi connectivity index (χ2n) is 11.1. The lowest BCUT2D eigenvalue weighted by Gasteiger charge is -2.39. The number of carboxylic acid groups (broad SMARTS) is 1. The highest BCUT2D eigenvalue weighted by Crippen LogP contribution is 2.43. The number of primary amides is 1. The summed E-state index contributed by atoms with van der Waals surface area (Å²) in [4.78, 5) is 34.4.